The van der Waals surface area contributed by atoms with E-state index in [1.165, 1.54) is 4.90 Å². The van der Waals surface area contributed by atoms with Gasteiger partial charge in [0, 0.05) is 13.1 Å². The Bertz CT molecular complexity index is 737. The molecule has 0 bridgehead atoms. The molecule has 1 aromatic carbocycles. The van der Waals surface area contributed by atoms with E-state index in [9.17, 15) is 19.2 Å². The Morgan fingerprint density at radius 1 is 0.750 bits per heavy atom. The fourth-order valence-corrected chi connectivity index (χ4v) is 3.73. The molecule has 4 rings (SSSR count). The zero-order chi connectivity index (χ0) is 16.8. The summed E-state index contributed by atoms with van der Waals surface area (Å²) in [5, 5.41) is 0. The van der Waals surface area contributed by atoms with Crippen LogP contribution >= 0.6 is 0 Å². The largest absolute Gasteiger partial charge is 0.280 e. The van der Waals surface area contributed by atoms with E-state index in [0.717, 1.165) is 4.90 Å². The van der Waals surface area contributed by atoms with Gasteiger partial charge in [-0.3, -0.25) is 29.0 Å². The number of carbonyl (C=O) groups is 4. The summed E-state index contributed by atoms with van der Waals surface area (Å²) in [6.45, 7) is 0.104. The molecule has 3 aliphatic rings. The minimum Gasteiger partial charge on any atom is -0.280 e. The zero-order valence-corrected chi connectivity index (χ0v) is 13.0. The van der Waals surface area contributed by atoms with Crippen molar-refractivity contribution in [2.24, 2.45) is 11.8 Å². The minimum atomic E-state index is -0.367. The maximum absolute atomic E-state index is 12.4. The van der Waals surface area contributed by atoms with Gasteiger partial charge >= 0.3 is 0 Å². The number of fused-ring (bicyclic) bond motifs is 2. The van der Waals surface area contributed by atoms with E-state index in [1.807, 2.05) is 12.2 Å². The molecule has 2 heterocycles. The topological polar surface area (TPSA) is 74.8 Å². The van der Waals surface area contributed by atoms with E-state index in [-0.39, 0.29) is 48.6 Å². The summed E-state index contributed by atoms with van der Waals surface area (Å²) in [5.41, 5.74) is 0.749. The van der Waals surface area contributed by atoms with E-state index in [1.54, 1.807) is 24.3 Å². The summed E-state index contributed by atoms with van der Waals surface area (Å²) >= 11 is 0. The fraction of sp³-hybridized carbons (Fsp3) is 0.333. The Hall–Kier alpha value is -2.76. The predicted molar refractivity (Wildman–Crippen MR) is 83.9 cm³/mol. The molecule has 6 heteroatoms. The Morgan fingerprint density at radius 2 is 1.21 bits per heavy atom. The summed E-state index contributed by atoms with van der Waals surface area (Å²) in [5.74, 6) is -1.69. The van der Waals surface area contributed by atoms with Crippen LogP contribution in [0, 0.1) is 11.8 Å². The molecule has 0 spiro atoms. The molecule has 0 N–H and O–H groups in total. The van der Waals surface area contributed by atoms with Crippen LogP contribution in [0.1, 0.15) is 33.6 Å². The van der Waals surface area contributed by atoms with Crippen molar-refractivity contribution in [2.45, 2.75) is 12.8 Å². The first-order valence-electron chi connectivity index (χ1n) is 8.05. The number of likely N-dealkylation sites (tertiary alicyclic amines) is 1. The lowest BCUT2D eigenvalue weighted by atomic mass is 9.85. The van der Waals surface area contributed by atoms with E-state index in [2.05, 4.69) is 0 Å². The van der Waals surface area contributed by atoms with Crippen molar-refractivity contribution in [1.29, 1.82) is 0 Å². The van der Waals surface area contributed by atoms with Gasteiger partial charge in [-0.15, -0.1) is 0 Å². The number of allylic oxidation sites excluding steroid dienone is 2. The summed E-state index contributed by atoms with van der Waals surface area (Å²) < 4.78 is 0. The summed E-state index contributed by atoms with van der Waals surface area (Å²) in [6.07, 6.45) is 5.03. The average molecular weight is 324 g/mol. The smallest absolute Gasteiger partial charge is 0.261 e. The van der Waals surface area contributed by atoms with Crippen LogP contribution in [0.25, 0.3) is 0 Å². The van der Waals surface area contributed by atoms with Crippen molar-refractivity contribution in [3.63, 3.8) is 0 Å². The number of imide groups is 2. The quantitative estimate of drug-likeness (QED) is 0.619. The highest BCUT2D eigenvalue weighted by molar-refractivity contribution is 6.21. The van der Waals surface area contributed by atoms with Crippen LogP contribution in [-0.4, -0.2) is 46.5 Å². The van der Waals surface area contributed by atoms with Gasteiger partial charge in [0.05, 0.1) is 23.0 Å². The first-order valence-corrected chi connectivity index (χ1v) is 8.05. The number of rotatable bonds is 3. The maximum Gasteiger partial charge on any atom is 0.261 e. The molecule has 2 atom stereocenters. The van der Waals surface area contributed by atoms with Crippen LogP contribution in [-0.2, 0) is 9.59 Å². The van der Waals surface area contributed by atoms with E-state index in [0.29, 0.717) is 24.0 Å². The van der Waals surface area contributed by atoms with Gasteiger partial charge < -0.3 is 0 Å². The number of hydrogen-bond acceptors (Lipinski definition) is 4. The molecule has 2 aliphatic heterocycles. The fourth-order valence-electron chi connectivity index (χ4n) is 3.73. The zero-order valence-electron chi connectivity index (χ0n) is 13.0. The van der Waals surface area contributed by atoms with Crippen LogP contribution in [0.4, 0.5) is 0 Å². The number of benzene rings is 1. The Morgan fingerprint density at radius 3 is 1.71 bits per heavy atom. The number of hydrogen-bond donors (Lipinski definition) is 0. The van der Waals surface area contributed by atoms with E-state index >= 15 is 0 Å². The van der Waals surface area contributed by atoms with Crippen molar-refractivity contribution in [3.05, 3.63) is 47.5 Å². The number of nitrogens with zero attached hydrogens (tertiary/aromatic N) is 2. The van der Waals surface area contributed by atoms with Gasteiger partial charge in [0.15, 0.2) is 0 Å². The van der Waals surface area contributed by atoms with E-state index in [4.69, 9.17) is 0 Å². The second kappa shape index (κ2) is 5.40. The van der Waals surface area contributed by atoms with Crippen molar-refractivity contribution in [2.75, 3.05) is 13.1 Å². The number of amides is 4. The molecule has 1 aromatic rings. The van der Waals surface area contributed by atoms with Gasteiger partial charge in [-0.1, -0.05) is 24.3 Å². The third-order valence-corrected chi connectivity index (χ3v) is 5.02. The highest BCUT2D eigenvalue weighted by Gasteiger charge is 2.47. The third-order valence-electron chi connectivity index (χ3n) is 5.02. The first-order chi connectivity index (χ1) is 11.6. The Kier molecular flexibility index (Phi) is 3.33. The van der Waals surface area contributed by atoms with Crippen LogP contribution in [0.3, 0.4) is 0 Å². The van der Waals surface area contributed by atoms with Gasteiger partial charge in [0.25, 0.3) is 11.8 Å². The molecule has 4 amide bonds. The molecule has 1 saturated heterocycles. The monoisotopic (exact) mass is 324 g/mol. The van der Waals surface area contributed by atoms with Gasteiger partial charge in [0.2, 0.25) is 11.8 Å². The minimum absolute atomic E-state index is 0.0384. The van der Waals surface area contributed by atoms with Crippen molar-refractivity contribution < 1.29 is 19.2 Å². The van der Waals surface area contributed by atoms with Crippen LogP contribution in [0.5, 0.6) is 0 Å². The molecule has 0 saturated carbocycles. The molecule has 0 aromatic heterocycles. The molecule has 1 fully saturated rings. The number of carbonyl (C=O) groups excluding carboxylic acids is 4. The SMILES string of the molecule is O=C1c2ccccc2C(=O)N1CCN1C(=O)[C@H]2CC=CC[C@H]2C1=O. The normalized spacial score (nSPS) is 25.5. The average Bonchev–Trinajstić information content (AvgIpc) is 3.00. The molecule has 24 heavy (non-hydrogen) atoms. The molecule has 6 nitrogen and oxygen atoms in total. The van der Waals surface area contributed by atoms with Crippen LogP contribution < -0.4 is 0 Å². The van der Waals surface area contributed by atoms with Gasteiger partial charge in [0.1, 0.15) is 0 Å². The van der Waals surface area contributed by atoms with Crippen molar-refractivity contribution in [3.8, 4) is 0 Å². The molecule has 122 valence electrons. The second-order valence-corrected chi connectivity index (χ2v) is 6.29. The van der Waals surface area contributed by atoms with Gasteiger partial charge in [-0.05, 0) is 25.0 Å². The lowest BCUT2D eigenvalue weighted by molar-refractivity contribution is -0.140. The summed E-state index contributed by atoms with van der Waals surface area (Å²) in [6, 6.07) is 6.64. The van der Waals surface area contributed by atoms with Crippen molar-refractivity contribution in [1.82, 2.24) is 9.80 Å². The highest BCUT2D eigenvalue weighted by atomic mass is 16.2. The van der Waals surface area contributed by atoms with Crippen LogP contribution in [0.2, 0.25) is 0 Å². The van der Waals surface area contributed by atoms with Crippen molar-refractivity contribution >= 4 is 23.6 Å². The first kappa shape index (κ1) is 14.8. The molecule has 0 unspecified atom stereocenters. The van der Waals surface area contributed by atoms with E-state index < -0.39 is 0 Å². The highest BCUT2D eigenvalue weighted by Crippen LogP contribution is 2.35. The second-order valence-electron chi connectivity index (χ2n) is 6.29. The lowest BCUT2D eigenvalue weighted by Gasteiger charge is -2.19. The Labute approximate surface area is 138 Å². The lowest BCUT2D eigenvalue weighted by Crippen LogP contribution is -2.41. The predicted octanol–water partition coefficient (Wildman–Crippen LogP) is 1.23. The van der Waals surface area contributed by atoms with Crippen LogP contribution in [0.15, 0.2) is 36.4 Å². The van der Waals surface area contributed by atoms with Gasteiger partial charge in [-0.2, -0.15) is 0 Å². The summed E-state index contributed by atoms with van der Waals surface area (Å²) in [7, 11) is 0. The Balaban J connectivity index is 1.49. The summed E-state index contributed by atoms with van der Waals surface area (Å²) in [4.78, 5) is 51.8. The molecular weight excluding hydrogens is 308 g/mol. The molecular formula is C18H16N2O4. The molecule has 0 radical (unpaired) electrons. The third kappa shape index (κ3) is 2.02. The van der Waals surface area contributed by atoms with Gasteiger partial charge in [-0.25, -0.2) is 0 Å². The standard InChI is InChI=1S/C18H16N2O4/c21-15-11-5-1-2-6-12(11)16(22)19(15)9-10-20-17(23)13-7-3-4-8-14(13)18(20)24/h1-6,13-14H,7-10H2/t13-,14+. The molecule has 1 aliphatic carbocycles. The maximum atomic E-state index is 12.4.